The van der Waals surface area contributed by atoms with Crippen molar-refractivity contribution in [3.8, 4) is 22.3 Å². The largest absolute Gasteiger partial charge is 0.309 e. The highest BCUT2D eigenvalue weighted by molar-refractivity contribution is 7.26. The molecule has 6 aromatic carbocycles. The van der Waals surface area contributed by atoms with Crippen LogP contribution in [0.4, 0.5) is 17.1 Å². The molecular formula is C46H39NS. The number of anilines is 3. The number of thiophene rings is 1. The Morgan fingerprint density at radius 1 is 0.458 bits per heavy atom. The summed E-state index contributed by atoms with van der Waals surface area (Å²) in [5.41, 5.74) is 10.6. The molecule has 1 heterocycles. The topological polar surface area (TPSA) is 3.24 Å². The van der Waals surface area contributed by atoms with Gasteiger partial charge >= 0.3 is 0 Å². The lowest BCUT2D eigenvalue weighted by Crippen LogP contribution is -2.48. The van der Waals surface area contributed by atoms with E-state index in [1.165, 1.54) is 92.3 Å². The highest BCUT2D eigenvalue weighted by Gasteiger charge is 2.51. The molecule has 4 bridgehead atoms. The average Bonchev–Trinajstić information content (AvgIpc) is 3.52. The Kier molecular flexibility index (Phi) is 6.62. The summed E-state index contributed by atoms with van der Waals surface area (Å²) >= 11 is 1.89. The first-order valence-electron chi connectivity index (χ1n) is 17.8. The van der Waals surface area contributed by atoms with Gasteiger partial charge in [0.05, 0.1) is 10.4 Å². The zero-order valence-electron chi connectivity index (χ0n) is 27.2. The maximum Gasteiger partial charge on any atom is 0.0640 e. The van der Waals surface area contributed by atoms with Crippen molar-refractivity contribution in [1.82, 2.24) is 0 Å². The Balaban J connectivity index is 1.02. The normalized spacial score (nSPS) is 22.8. The van der Waals surface area contributed by atoms with Crippen LogP contribution in [-0.4, -0.2) is 0 Å². The van der Waals surface area contributed by atoms with E-state index in [-0.39, 0.29) is 0 Å². The fourth-order valence-electron chi connectivity index (χ4n) is 10.1. The molecule has 0 unspecified atom stereocenters. The first kappa shape index (κ1) is 28.4. The lowest BCUT2D eigenvalue weighted by molar-refractivity contribution is -0.00518. The maximum absolute atomic E-state index is 2.47. The quantitative estimate of drug-likeness (QED) is 0.175. The summed E-state index contributed by atoms with van der Waals surface area (Å²) in [6.07, 6.45) is 8.74. The maximum atomic E-state index is 2.47. The van der Waals surface area contributed by atoms with Crippen molar-refractivity contribution in [3.63, 3.8) is 0 Å². The number of benzene rings is 6. The first-order chi connectivity index (χ1) is 23.7. The summed E-state index contributed by atoms with van der Waals surface area (Å²) in [5, 5.41) is 2.64. The molecule has 234 valence electrons. The molecule has 4 aliphatic rings. The number of hydrogen-bond donors (Lipinski definition) is 0. The first-order valence-corrected chi connectivity index (χ1v) is 18.6. The van der Waals surface area contributed by atoms with E-state index in [1.54, 1.807) is 5.56 Å². The van der Waals surface area contributed by atoms with Gasteiger partial charge in [-0.3, -0.25) is 0 Å². The molecule has 4 fully saturated rings. The Bertz CT molecular complexity index is 2210. The third-order valence-electron chi connectivity index (χ3n) is 11.9. The molecule has 0 radical (unpaired) electrons. The van der Waals surface area contributed by atoms with Gasteiger partial charge in [0, 0.05) is 26.8 Å². The highest BCUT2D eigenvalue weighted by atomic mass is 32.1. The molecular weight excluding hydrogens is 599 g/mol. The van der Waals surface area contributed by atoms with Crippen LogP contribution in [0, 0.1) is 17.8 Å². The van der Waals surface area contributed by atoms with Gasteiger partial charge in [-0.25, -0.2) is 0 Å². The molecule has 4 aliphatic carbocycles. The summed E-state index contributed by atoms with van der Waals surface area (Å²) in [6, 6.07) is 54.2. The van der Waals surface area contributed by atoms with Crippen molar-refractivity contribution in [2.75, 3.05) is 4.90 Å². The minimum Gasteiger partial charge on any atom is -0.309 e. The summed E-state index contributed by atoms with van der Waals surface area (Å²) in [7, 11) is 0. The number of rotatable bonds is 6. The van der Waals surface area contributed by atoms with E-state index in [1.807, 2.05) is 11.3 Å². The SMILES string of the molecule is c1ccc(-c2ccc(N(c3ccc(-c4ccc(C56CC7CC(CC(C7)C5)C6)cc4)cc3)c3cccc4c3sc3ccccc34)cc2)cc1. The second-order valence-corrected chi connectivity index (χ2v) is 15.9. The van der Waals surface area contributed by atoms with Gasteiger partial charge in [-0.05, 0) is 126 Å². The van der Waals surface area contributed by atoms with Gasteiger partial charge in [-0.15, -0.1) is 11.3 Å². The smallest absolute Gasteiger partial charge is 0.0640 e. The van der Waals surface area contributed by atoms with Crippen molar-refractivity contribution in [3.05, 3.63) is 151 Å². The van der Waals surface area contributed by atoms with E-state index >= 15 is 0 Å². The van der Waals surface area contributed by atoms with Crippen LogP contribution >= 0.6 is 11.3 Å². The van der Waals surface area contributed by atoms with E-state index < -0.39 is 0 Å². The molecule has 0 N–H and O–H groups in total. The Morgan fingerprint density at radius 3 is 1.56 bits per heavy atom. The molecule has 2 heteroatoms. The fourth-order valence-corrected chi connectivity index (χ4v) is 11.3. The molecule has 0 atom stereocenters. The van der Waals surface area contributed by atoms with Crippen molar-refractivity contribution in [2.45, 2.75) is 43.9 Å². The van der Waals surface area contributed by atoms with Gasteiger partial charge in [-0.2, -0.15) is 0 Å². The van der Waals surface area contributed by atoms with Crippen LogP contribution < -0.4 is 4.90 Å². The molecule has 1 aromatic heterocycles. The predicted molar refractivity (Wildman–Crippen MR) is 205 cm³/mol. The van der Waals surface area contributed by atoms with E-state index in [9.17, 15) is 0 Å². The lowest BCUT2D eigenvalue weighted by atomic mass is 9.48. The summed E-state index contributed by atoms with van der Waals surface area (Å²) in [5.74, 6) is 2.91. The molecule has 0 aliphatic heterocycles. The van der Waals surface area contributed by atoms with Gasteiger partial charge in [0.25, 0.3) is 0 Å². The Morgan fingerprint density at radius 2 is 0.958 bits per heavy atom. The van der Waals surface area contributed by atoms with Crippen LogP contribution in [0.2, 0.25) is 0 Å². The van der Waals surface area contributed by atoms with Crippen LogP contribution in [0.5, 0.6) is 0 Å². The number of fused-ring (bicyclic) bond motifs is 3. The predicted octanol–water partition coefficient (Wildman–Crippen LogP) is 13.3. The molecule has 0 saturated heterocycles. The van der Waals surface area contributed by atoms with E-state index in [0.717, 1.165) is 23.4 Å². The van der Waals surface area contributed by atoms with Crippen molar-refractivity contribution in [1.29, 1.82) is 0 Å². The van der Waals surface area contributed by atoms with Crippen molar-refractivity contribution >= 4 is 48.6 Å². The third kappa shape index (κ3) is 4.72. The number of nitrogens with zero attached hydrogens (tertiary/aromatic N) is 1. The highest BCUT2D eigenvalue weighted by Crippen LogP contribution is 2.60. The molecule has 0 spiro atoms. The molecule has 11 rings (SSSR count). The van der Waals surface area contributed by atoms with Gasteiger partial charge in [-0.1, -0.05) is 109 Å². The minimum absolute atomic E-state index is 0.446. The monoisotopic (exact) mass is 637 g/mol. The van der Waals surface area contributed by atoms with Gasteiger partial charge in [0.2, 0.25) is 0 Å². The van der Waals surface area contributed by atoms with Crippen molar-refractivity contribution in [2.24, 2.45) is 17.8 Å². The van der Waals surface area contributed by atoms with E-state index in [4.69, 9.17) is 0 Å². The molecule has 7 aromatic rings. The average molecular weight is 638 g/mol. The van der Waals surface area contributed by atoms with Crippen LogP contribution in [0.25, 0.3) is 42.4 Å². The standard InChI is InChI=1S/C46H39NS/c1-2-7-34(8-3-1)36-15-21-39(22-16-36)47(43-11-6-10-42-41-9-4-5-12-44(41)48-45(42)43)40-23-17-37(18-24-40)35-13-19-38(20-14-35)46-28-31-25-32(29-46)27-33(26-31)30-46/h1-24,31-33H,25-30H2. The van der Waals surface area contributed by atoms with Crippen LogP contribution in [0.3, 0.4) is 0 Å². The van der Waals surface area contributed by atoms with Crippen LogP contribution in [0.15, 0.2) is 146 Å². The number of hydrogen-bond acceptors (Lipinski definition) is 2. The van der Waals surface area contributed by atoms with Gasteiger partial charge in [0.15, 0.2) is 0 Å². The minimum atomic E-state index is 0.446. The third-order valence-corrected chi connectivity index (χ3v) is 13.1. The molecule has 4 saturated carbocycles. The second kappa shape index (κ2) is 11.2. The van der Waals surface area contributed by atoms with Crippen LogP contribution in [0.1, 0.15) is 44.1 Å². The van der Waals surface area contributed by atoms with Crippen LogP contribution in [-0.2, 0) is 5.41 Å². The van der Waals surface area contributed by atoms with E-state index in [0.29, 0.717) is 5.41 Å². The van der Waals surface area contributed by atoms with E-state index in [2.05, 4.69) is 150 Å². The Hall–Kier alpha value is -4.66. The second-order valence-electron chi connectivity index (χ2n) is 14.8. The molecule has 48 heavy (non-hydrogen) atoms. The van der Waals surface area contributed by atoms with Crippen molar-refractivity contribution < 1.29 is 0 Å². The molecule has 1 nitrogen and oxygen atoms in total. The summed E-state index contributed by atoms with van der Waals surface area (Å²) in [4.78, 5) is 2.44. The van der Waals surface area contributed by atoms with Gasteiger partial charge in [0.1, 0.15) is 0 Å². The summed E-state index contributed by atoms with van der Waals surface area (Å²) < 4.78 is 2.64. The fraction of sp³-hybridized carbons (Fsp3) is 0.217. The molecule has 0 amide bonds. The van der Waals surface area contributed by atoms with Gasteiger partial charge < -0.3 is 4.90 Å². The summed E-state index contributed by atoms with van der Waals surface area (Å²) in [6.45, 7) is 0. The Labute approximate surface area is 287 Å². The zero-order chi connectivity index (χ0) is 31.7. The lowest BCUT2D eigenvalue weighted by Gasteiger charge is -2.57. The zero-order valence-corrected chi connectivity index (χ0v) is 28.0.